The highest BCUT2D eigenvalue weighted by Crippen LogP contribution is 2.21. The molecule has 3 rings (SSSR count). The molecular formula is C19H17ClN4O4. The maximum atomic E-state index is 12.2. The van der Waals surface area contributed by atoms with Crippen LogP contribution in [0.1, 0.15) is 26.5 Å². The third-order valence-electron chi connectivity index (χ3n) is 3.90. The highest BCUT2D eigenvalue weighted by Gasteiger charge is 2.13. The SMILES string of the molecule is Cn1ccnc1COc1ccc(C(=O)NNC(=O)c2cc(Cl)ccc2O)cc1. The molecule has 0 aliphatic carbocycles. The van der Waals surface area contributed by atoms with E-state index in [-0.39, 0.29) is 16.3 Å². The number of hydrogen-bond donors (Lipinski definition) is 3. The van der Waals surface area contributed by atoms with Gasteiger partial charge < -0.3 is 14.4 Å². The lowest BCUT2D eigenvalue weighted by Gasteiger charge is -2.10. The van der Waals surface area contributed by atoms with Gasteiger partial charge in [-0.3, -0.25) is 20.4 Å². The van der Waals surface area contributed by atoms with Gasteiger partial charge in [0.15, 0.2) is 0 Å². The van der Waals surface area contributed by atoms with Crippen molar-refractivity contribution < 1.29 is 19.4 Å². The van der Waals surface area contributed by atoms with Crippen molar-refractivity contribution in [2.24, 2.45) is 7.05 Å². The summed E-state index contributed by atoms with van der Waals surface area (Å²) < 4.78 is 7.47. The van der Waals surface area contributed by atoms with E-state index in [2.05, 4.69) is 15.8 Å². The number of nitrogens with one attached hydrogen (secondary N) is 2. The Labute approximate surface area is 165 Å². The minimum Gasteiger partial charge on any atom is -0.507 e. The summed E-state index contributed by atoms with van der Waals surface area (Å²) in [6.07, 6.45) is 3.51. The molecule has 3 N–H and O–H groups in total. The van der Waals surface area contributed by atoms with E-state index < -0.39 is 11.8 Å². The predicted molar refractivity (Wildman–Crippen MR) is 102 cm³/mol. The molecule has 0 aliphatic rings. The third-order valence-corrected chi connectivity index (χ3v) is 4.13. The van der Waals surface area contributed by atoms with Crippen LogP contribution >= 0.6 is 11.6 Å². The summed E-state index contributed by atoms with van der Waals surface area (Å²) in [6.45, 7) is 0.300. The van der Waals surface area contributed by atoms with Gasteiger partial charge in [-0.1, -0.05) is 11.6 Å². The van der Waals surface area contributed by atoms with E-state index in [9.17, 15) is 14.7 Å². The number of aromatic hydroxyl groups is 1. The number of phenolic OH excluding ortho intramolecular Hbond substituents is 1. The molecule has 1 aromatic heterocycles. The monoisotopic (exact) mass is 400 g/mol. The molecule has 2 aromatic carbocycles. The first-order chi connectivity index (χ1) is 13.4. The first-order valence-electron chi connectivity index (χ1n) is 8.22. The fraction of sp³-hybridized carbons (Fsp3) is 0.105. The van der Waals surface area contributed by atoms with Gasteiger partial charge in [0.25, 0.3) is 11.8 Å². The Morgan fingerprint density at radius 3 is 2.54 bits per heavy atom. The third kappa shape index (κ3) is 4.60. The Hall–Kier alpha value is -3.52. The number of nitrogens with zero attached hydrogens (tertiary/aromatic N) is 2. The molecule has 9 heteroatoms. The number of aryl methyl sites for hydroxylation is 1. The highest BCUT2D eigenvalue weighted by atomic mass is 35.5. The number of benzene rings is 2. The van der Waals surface area contributed by atoms with Gasteiger partial charge in [-0.2, -0.15) is 0 Å². The summed E-state index contributed by atoms with van der Waals surface area (Å²) in [4.78, 5) is 28.4. The van der Waals surface area contributed by atoms with Gasteiger partial charge in [0, 0.05) is 30.0 Å². The molecule has 8 nitrogen and oxygen atoms in total. The molecule has 144 valence electrons. The maximum absolute atomic E-state index is 12.2. The van der Waals surface area contributed by atoms with E-state index in [1.807, 2.05) is 17.8 Å². The van der Waals surface area contributed by atoms with E-state index in [4.69, 9.17) is 16.3 Å². The van der Waals surface area contributed by atoms with Crippen LogP contribution < -0.4 is 15.6 Å². The van der Waals surface area contributed by atoms with Gasteiger partial charge >= 0.3 is 0 Å². The summed E-state index contributed by atoms with van der Waals surface area (Å²) in [5.41, 5.74) is 4.78. The number of rotatable bonds is 5. The van der Waals surface area contributed by atoms with E-state index in [1.165, 1.54) is 18.2 Å². The smallest absolute Gasteiger partial charge is 0.273 e. The number of hydrogen-bond acceptors (Lipinski definition) is 5. The second kappa shape index (κ2) is 8.45. The number of ether oxygens (including phenoxy) is 1. The Kier molecular flexibility index (Phi) is 5.81. The van der Waals surface area contributed by atoms with Gasteiger partial charge in [0.2, 0.25) is 0 Å². The number of carbonyl (C=O) groups is 2. The summed E-state index contributed by atoms with van der Waals surface area (Å²) in [5.74, 6) is -0.111. The Morgan fingerprint density at radius 1 is 1.14 bits per heavy atom. The van der Waals surface area contributed by atoms with Crippen molar-refractivity contribution in [1.29, 1.82) is 0 Å². The largest absolute Gasteiger partial charge is 0.507 e. The molecule has 0 spiro atoms. The molecule has 28 heavy (non-hydrogen) atoms. The Balaban J connectivity index is 1.55. The number of imidazole rings is 1. The molecule has 0 radical (unpaired) electrons. The molecular weight excluding hydrogens is 384 g/mol. The fourth-order valence-electron chi connectivity index (χ4n) is 2.33. The summed E-state index contributed by atoms with van der Waals surface area (Å²) in [5, 5.41) is 9.99. The summed E-state index contributed by atoms with van der Waals surface area (Å²) in [7, 11) is 1.87. The van der Waals surface area contributed by atoms with Crippen LogP contribution in [-0.2, 0) is 13.7 Å². The first-order valence-corrected chi connectivity index (χ1v) is 8.60. The second-order valence-electron chi connectivity index (χ2n) is 5.84. The van der Waals surface area contributed by atoms with Crippen molar-refractivity contribution >= 4 is 23.4 Å². The Morgan fingerprint density at radius 2 is 1.86 bits per heavy atom. The lowest BCUT2D eigenvalue weighted by atomic mass is 10.2. The normalized spacial score (nSPS) is 10.4. The molecule has 0 saturated heterocycles. The van der Waals surface area contributed by atoms with Crippen LogP contribution in [0.15, 0.2) is 54.9 Å². The average Bonchev–Trinajstić information content (AvgIpc) is 3.11. The van der Waals surface area contributed by atoms with Crippen LogP contribution in [0.25, 0.3) is 0 Å². The van der Waals surface area contributed by atoms with E-state index in [0.717, 1.165) is 5.82 Å². The molecule has 0 bridgehead atoms. The van der Waals surface area contributed by atoms with Gasteiger partial charge in [-0.25, -0.2) is 4.98 Å². The van der Waals surface area contributed by atoms with Gasteiger partial charge in [-0.15, -0.1) is 0 Å². The molecule has 0 atom stereocenters. The average molecular weight is 401 g/mol. The van der Waals surface area contributed by atoms with E-state index in [1.54, 1.807) is 30.5 Å². The number of halogens is 1. The maximum Gasteiger partial charge on any atom is 0.273 e. The van der Waals surface area contributed by atoms with Crippen molar-refractivity contribution in [3.8, 4) is 11.5 Å². The van der Waals surface area contributed by atoms with Crippen LogP contribution in [0.5, 0.6) is 11.5 Å². The van der Waals surface area contributed by atoms with Crippen LogP contribution in [0.3, 0.4) is 0 Å². The number of carbonyl (C=O) groups excluding carboxylic acids is 2. The zero-order valence-corrected chi connectivity index (χ0v) is 15.6. The zero-order valence-electron chi connectivity index (χ0n) is 14.8. The van der Waals surface area contributed by atoms with Crippen LogP contribution in [-0.4, -0.2) is 26.5 Å². The number of aromatic nitrogens is 2. The summed E-state index contributed by atoms with van der Waals surface area (Å²) >= 11 is 5.81. The van der Waals surface area contributed by atoms with E-state index in [0.29, 0.717) is 17.9 Å². The van der Waals surface area contributed by atoms with Crippen molar-refractivity contribution in [3.63, 3.8) is 0 Å². The Bertz CT molecular complexity index is 1000. The molecule has 0 saturated carbocycles. The quantitative estimate of drug-likeness (QED) is 0.570. The van der Waals surface area contributed by atoms with Crippen molar-refractivity contribution in [3.05, 3.63) is 76.8 Å². The predicted octanol–water partition coefficient (Wildman–Crippen LogP) is 2.43. The first kappa shape index (κ1) is 19.2. The minimum atomic E-state index is -0.691. The van der Waals surface area contributed by atoms with Crippen molar-refractivity contribution in [2.75, 3.05) is 0 Å². The summed E-state index contributed by atoms with van der Waals surface area (Å²) in [6, 6.07) is 10.4. The molecule has 2 amide bonds. The van der Waals surface area contributed by atoms with Gasteiger partial charge in [0.1, 0.15) is 23.9 Å². The van der Waals surface area contributed by atoms with Crippen LogP contribution in [0, 0.1) is 0 Å². The highest BCUT2D eigenvalue weighted by molar-refractivity contribution is 6.31. The van der Waals surface area contributed by atoms with Gasteiger partial charge in [-0.05, 0) is 42.5 Å². The molecule has 1 heterocycles. The number of phenols is 1. The van der Waals surface area contributed by atoms with Gasteiger partial charge in [0.05, 0.1) is 5.56 Å². The topological polar surface area (TPSA) is 105 Å². The molecule has 0 aliphatic heterocycles. The zero-order chi connectivity index (χ0) is 20.1. The fourth-order valence-corrected chi connectivity index (χ4v) is 2.50. The minimum absolute atomic E-state index is 0.0502. The molecule has 0 fully saturated rings. The van der Waals surface area contributed by atoms with Crippen molar-refractivity contribution in [2.45, 2.75) is 6.61 Å². The standard InChI is InChI=1S/C19H17ClN4O4/c1-24-9-8-21-17(24)11-28-14-5-2-12(3-6-14)18(26)22-23-19(27)15-10-13(20)4-7-16(15)25/h2-10,25H,11H2,1H3,(H,22,26)(H,23,27). The molecule has 3 aromatic rings. The lowest BCUT2D eigenvalue weighted by Crippen LogP contribution is -2.41. The lowest BCUT2D eigenvalue weighted by molar-refractivity contribution is 0.0845. The van der Waals surface area contributed by atoms with E-state index >= 15 is 0 Å². The van der Waals surface area contributed by atoms with Crippen LogP contribution in [0.2, 0.25) is 5.02 Å². The van der Waals surface area contributed by atoms with Crippen molar-refractivity contribution in [1.82, 2.24) is 20.4 Å². The number of hydrazine groups is 1. The molecule has 0 unspecified atom stereocenters. The van der Waals surface area contributed by atoms with Crippen LogP contribution in [0.4, 0.5) is 0 Å². The number of amides is 2. The second-order valence-corrected chi connectivity index (χ2v) is 6.27.